The maximum absolute atomic E-state index is 4.47. The van der Waals surface area contributed by atoms with Crippen LogP contribution >= 0.6 is 24.2 Å². The molecule has 0 radical (unpaired) electrons. The zero-order valence-corrected chi connectivity index (χ0v) is 16.1. The van der Waals surface area contributed by atoms with Gasteiger partial charge in [-0.25, -0.2) is 0 Å². The van der Waals surface area contributed by atoms with E-state index in [1.54, 1.807) is 0 Å². The van der Waals surface area contributed by atoms with Crippen LogP contribution in [0.25, 0.3) is 0 Å². The molecule has 0 fully saturated rings. The minimum absolute atomic E-state index is 0. The van der Waals surface area contributed by atoms with Crippen molar-refractivity contribution in [3.63, 3.8) is 0 Å². The van der Waals surface area contributed by atoms with Gasteiger partial charge < -0.3 is 5.32 Å². The molecule has 0 heterocycles. The first-order valence-corrected chi connectivity index (χ1v) is 9.74. The van der Waals surface area contributed by atoms with Crippen LogP contribution in [-0.2, 0) is 0 Å². The first-order valence-electron chi connectivity index (χ1n) is 8.76. The van der Waals surface area contributed by atoms with E-state index in [-0.39, 0.29) is 12.4 Å². The first-order chi connectivity index (χ1) is 9.85. The minimum atomic E-state index is 0. The lowest BCUT2D eigenvalue weighted by Crippen LogP contribution is -2.20. The van der Waals surface area contributed by atoms with Crippen molar-refractivity contribution < 1.29 is 0 Å². The van der Waals surface area contributed by atoms with Gasteiger partial charge in [0, 0.05) is 18.8 Å². The predicted octanol–water partition coefficient (Wildman–Crippen LogP) is 6.05. The molecule has 128 valence electrons. The molecule has 0 aliphatic heterocycles. The second-order valence-corrected chi connectivity index (χ2v) is 6.42. The normalized spacial score (nSPS) is 11.3. The second-order valence-electron chi connectivity index (χ2n) is 5.34. The Labute approximate surface area is 143 Å². The van der Waals surface area contributed by atoms with Gasteiger partial charge in [0.05, 0.1) is 0 Å². The van der Waals surface area contributed by atoms with Crippen LogP contribution < -0.4 is 5.32 Å². The average Bonchev–Trinajstić information content (AvgIpc) is 2.45. The van der Waals surface area contributed by atoms with Crippen LogP contribution in [0.2, 0.25) is 0 Å². The lowest BCUT2D eigenvalue weighted by atomic mass is 10.1. The quantitative estimate of drug-likeness (QED) is 0.251. The first kappa shape index (κ1) is 23.4. The third kappa shape index (κ3) is 18.1. The van der Waals surface area contributed by atoms with Crippen LogP contribution in [0, 0.1) is 0 Å². The van der Waals surface area contributed by atoms with E-state index >= 15 is 0 Å². The number of nitrogens with zero attached hydrogens (tertiary/aromatic N) is 1. The van der Waals surface area contributed by atoms with Crippen molar-refractivity contribution in [1.82, 2.24) is 5.32 Å². The summed E-state index contributed by atoms with van der Waals surface area (Å²) in [5.74, 6) is 1.21. The fourth-order valence-electron chi connectivity index (χ4n) is 2.21. The van der Waals surface area contributed by atoms with E-state index in [9.17, 15) is 0 Å². The van der Waals surface area contributed by atoms with E-state index in [0.29, 0.717) is 0 Å². The van der Waals surface area contributed by atoms with Crippen LogP contribution in [0.1, 0.15) is 85.0 Å². The maximum atomic E-state index is 4.47. The number of nitrogens with one attached hydrogen (secondary N) is 1. The molecule has 0 atom stereocenters. The Kier molecular flexibility index (Phi) is 22.4. The van der Waals surface area contributed by atoms with Crippen LogP contribution in [0.5, 0.6) is 0 Å². The molecule has 0 aromatic rings. The highest BCUT2D eigenvalue weighted by Gasteiger charge is 1.98. The summed E-state index contributed by atoms with van der Waals surface area (Å²) in [6.45, 7) is 8.37. The number of rotatable bonds is 13. The molecule has 1 N–H and O–H groups in total. The zero-order chi connectivity index (χ0) is 14.9. The van der Waals surface area contributed by atoms with Gasteiger partial charge in [-0.05, 0) is 20.3 Å². The minimum Gasteiger partial charge on any atom is -0.365 e. The van der Waals surface area contributed by atoms with Gasteiger partial charge in [-0.1, -0.05) is 76.5 Å². The number of thioether (sulfide) groups is 1. The molecule has 0 rings (SSSR count). The molecule has 0 aromatic heterocycles. The highest BCUT2D eigenvalue weighted by Crippen LogP contribution is 2.12. The van der Waals surface area contributed by atoms with Gasteiger partial charge in [-0.2, -0.15) is 0 Å². The number of halogens is 1. The molecule has 0 saturated carbocycles. The number of hydrogen-bond donors (Lipinski definition) is 1. The third-order valence-corrected chi connectivity index (χ3v) is 4.41. The van der Waals surface area contributed by atoms with Crippen LogP contribution in [0.4, 0.5) is 0 Å². The zero-order valence-electron chi connectivity index (χ0n) is 14.5. The molecule has 0 amide bonds. The van der Waals surface area contributed by atoms with Crippen molar-refractivity contribution in [3.05, 3.63) is 0 Å². The average molecular weight is 337 g/mol. The Morgan fingerprint density at radius 2 is 1.33 bits per heavy atom. The lowest BCUT2D eigenvalue weighted by molar-refractivity contribution is 0.563. The summed E-state index contributed by atoms with van der Waals surface area (Å²) in [5, 5.41) is 4.46. The Hall–Kier alpha value is 0.110. The van der Waals surface area contributed by atoms with Gasteiger partial charge in [0.25, 0.3) is 0 Å². The third-order valence-electron chi connectivity index (χ3n) is 3.37. The van der Waals surface area contributed by atoms with E-state index in [1.807, 2.05) is 11.8 Å². The Balaban J connectivity index is 0. The summed E-state index contributed by atoms with van der Waals surface area (Å²) >= 11 is 1.89. The van der Waals surface area contributed by atoms with Crippen molar-refractivity contribution in [3.8, 4) is 0 Å². The van der Waals surface area contributed by atoms with Gasteiger partial charge in [-0.3, -0.25) is 4.99 Å². The molecule has 4 heteroatoms. The van der Waals surface area contributed by atoms with Gasteiger partial charge >= 0.3 is 0 Å². The summed E-state index contributed by atoms with van der Waals surface area (Å²) in [4.78, 5) is 4.47. The Morgan fingerprint density at radius 3 is 1.81 bits per heavy atom. The number of amidine groups is 1. The van der Waals surface area contributed by atoms with Crippen LogP contribution in [0.15, 0.2) is 4.99 Å². The lowest BCUT2D eigenvalue weighted by Gasteiger charge is -2.07. The fourth-order valence-corrected chi connectivity index (χ4v) is 3.21. The van der Waals surface area contributed by atoms with E-state index in [1.165, 1.54) is 70.0 Å². The summed E-state index contributed by atoms with van der Waals surface area (Å²) in [6, 6.07) is 0. The summed E-state index contributed by atoms with van der Waals surface area (Å²) < 4.78 is 0. The van der Waals surface area contributed by atoms with Gasteiger partial charge in [0.2, 0.25) is 0 Å². The van der Waals surface area contributed by atoms with E-state index in [4.69, 9.17) is 0 Å². The van der Waals surface area contributed by atoms with E-state index in [2.05, 4.69) is 31.1 Å². The SMILES string of the molecule is CCCCCCCCCCCCSC(=NCC)NCC.Cl. The molecule has 0 unspecified atom stereocenters. The molecular formula is C17H37ClN2S. The van der Waals surface area contributed by atoms with Gasteiger partial charge in [0.15, 0.2) is 5.17 Å². The molecule has 0 aliphatic rings. The molecule has 21 heavy (non-hydrogen) atoms. The predicted molar refractivity (Wildman–Crippen MR) is 103 cm³/mol. The van der Waals surface area contributed by atoms with Crippen molar-refractivity contribution in [1.29, 1.82) is 0 Å². The number of unbranched alkanes of at least 4 members (excludes halogenated alkanes) is 9. The standard InChI is InChI=1S/C17H36N2S.ClH/c1-4-7-8-9-10-11-12-13-14-15-16-20-17(18-5-2)19-6-3;/h4-16H2,1-3H3,(H,18,19);1H. The molecule has 0 aliphatic carbocycles. The summed E-state index contributed by atoms with van der Waals surface area (Å²) in [7, 11) is 0. The van der Waals surface area contributed by atoms with Gasteiger partial charge in [0.1, 0.15) is 0 Å². The van der Waals surface area contributed by atoms with Gasteiger partial charge in [-0.15, -0.1) is 12.4 Å². The van der Waals surface area contributed by atoms with Crippen LogP contribution in [0.3, 0.4) is 0 Å². The molecule has 2 nitrogen and oxygen atoms in total. The molecule has 0 aromatic carbocycles. The molecule has 0 bridgehead atoms. The van der Waals surface area contributed by atoms with E-state index in [0.717, 1.165) is 18.3 Å². The highest BCUT2D eigenvalue weighted by atomic mass is 35.5. The van der Waals surface area contributed by atoms with E-state index < -0.39 is 0 Å². The fraction of sp³-hybridized carbons (Fsp3) is 0.941. The summed E-state index contributed by atoms with van der Waals surface area (Å²) in [5.41, 5.74) is 0. The number of aliphatic imine (C=N–C) groups is 1. The topological polar surface area (TPSA) is 24.4 Å². The summed E-state index contributed by atoms with van der Waals surface area (Å²) in [6.07, 6.45) is 14.1. The van der Waals surface area contributed by atoms with Crippen molar-refractivity contribution in [2.75, 3.05) is 18.8 Å². The molecule has 0 spiro atoms. The van der Waals surface area contributed by atoms with Crippen molar-refractivity contribution in [2.24, 2.45) is 4.99 Å². The monoisotopic (exact) mass is 336 g/mol. The Morgan fingerprint density at radius 1 is 0.810 bits per heavy atom. The smallest absolute Gasteiger partial charge is 0.156 e. The molecular weight excluding hydrogens is 300 g/mol. The Bertz CT molecular complexity index is 223. The van der Waals surface area contributed by atoms with Crippen molar-refractivity contribution >= 4 is 29.3 Å². The maximum Gasteiger partial charge on any atom is 0.156 e. The van der Waals surface area contributed by atoms with Crippen LogP contribution in [-0.4, -0.2) is 24.0 Å². The molecule has 0 saturated heterocycles. The second kappa shape index (κ2) is 20.1. The number of hydrogen-bond acceptors (Lipinski definition) is 2. The highest BCUT2D eigenvalue weighted by molar-refractivity contribution is 8.13. The van der Waals surface area contributed by atoms with Crippen molar-refractivity contribution in [2.45, 2.75) is 85.0 Å². The largest absolute Gasteiger partial charge is 0.365 e.